The van der Waals surface area contributed by atoms with E-state index in [1.807, 2.05) is 12.1 Å². The van der Waals surface area contributed by atoms with Gasteiger partial charge in [0.2, 0.25) is 0 Å². The van der Waals surface area contributed by atoms with Gasteiger partial charge in [0, 0.05) is 15.5 Å². The summed E-state index contributed by atoms with van der Waals surface area (Å²) >= 11 is 9.38. The van der Waals surface area contributed by atoms with Crippen molar-refractivity contribution >= 4 is 27.5 Å². The third-order valence-corrected chi connectivity index (χ3v) is 3.39. The molecule has 2 rings (SSSR count). The molecule has 14 heavy (non-hydrogen) atoms. The van der Waals surface area contributed by atoms with Gasteiger partial charge in [-0.3, -0.25) is 0 Å². The summed E-state index contributed by atoms with van der Waals surface area (Å²) in [5, 5.41) is 4.28. The van der Waals surface area contributed by atoms with Crippen molar-refractivity contribution in [1.82, 2.24) is 5.32 Å². The van der Waals surface area contributed by atoms with Gasteiger partial charge in [-0.2, -0.15) is 0 Å². The summed E-state index contributed by atoms with van der Waals surface area (Å²) in [5.41, 5.74) is 1.32. The molecule has 1 N–H and O–H groups in total. The van der Waals surface area contributed by atoms with Crippen molar-refractivity contribution in [1.29, 1.82) is 0 Å². The fourth-order valence-corrected chi connectivity index (χ4v) is 2.30. The fourth-order valence-electron chi connectivity index (χ4n) is 1.42. The average Bonchev–Trinajstić information content (AvgIpc) is 2.92. The van der Waals surface area contributed by atoms with Crippen LogP contribution < -0.4 is 5.32 Å². The van der Waals surface area contributed by atoms with E-state index in [2.05, 4.69) is 27.3 Å². The monoisotopic (exact) mass is 273 g/mol. The maximum atomic E-state index is 5.87. The molecular weight excluding hydrogens is 261 g/mol. The Hall–Kier alpha value is -0.0500. The molecule has 0 aliphatic heterocycles. The molecule has 1 aliphatic rings. The maximum absolute atomic E-state index is 5.87. The van der Waals surface area contributed by atoms with Crippen molar-refractivity contribution in [3.8, 4) is 0 Å². The van der Waals surface area contributed by atoms with E-state index in [9.17, 15) is 0 Å². The van der Waals surface area contributed by atoms with Crippen LogP contribution in [0.2, 0.25) is 5.02 Å². The average molecular weight is 275 g/mol. The van der Waals surface area contributed by atoms with Gasteiger partial charge in [0.25, 0.3) is 0 Å². The normalized spacial score (nSPS) is 15.9. The highest BCUT2D eigenvalue weighted by Gasteiger charge is 2.19. The minimum atomic E-state index is 0.788. The second-order valence-electron chi connectivity index (χ2n) is 3.71. The molecule has 0 heterocycles. The summed E-state index contributed by atoms with van der Waals surface area (Å²) in [6.07, 6.45) is 3.76. The third-order valence-electron chi connectivity index (χ3n) is 2.42. The number of nitrogens with one attached hydrogen (secondary N) is 1. The first-order valence-electron chi connectivity index (χ1n) is 4.93. The van der Waals surface area contributed by atoms with Gasteiger partial charge >= 0.3 is 0 Å². The first-order valence-corrected chi connectivity index (χ1v) is 6.10. The SMILES string of the molecule is Clc1ccc(CCNC2CC2)c(Br)c1. The van der Waals surface area contributed by atoms with E-state index in [1.165, 1.54) is 18.4 Å². The van der Waals surface area contributed by atoms with Gasteiger partial charge in [-0.05, 0) is 43.5 Å². The topological polar surface area (TPSA) is 12.0 Å². The largest absolute Gasteiger partial charge is 0.314 e. The molecule has 1 nitrogen and oxygen atoms in total. The Labute approximate surface area is 98.0 Å². The molecule has 1 aliphatic carbocycles. The highest BCUT2D eigenvalue weighted by Crippen LogP contribution is 2.22. The summed E-state index contributed by atoms with van der Waals surface area (Å²) in [5.74, 6) is 0. The summed E-state index contributed by atoms with van der Waals surface area (Å²) < 4.78 is 1.11. The number of benzene rings is 1. The standard InChI is InChI=1S/C11H13BrClN/c12-11-7-9(13)2-1-8(11)5-6-14-10-3-4-10/h1-2,7,10,14H,3-6H2. The van der Waals surface area contributed by atoms with Crippen molar-refractivity contribution in [2.24, 2.45) is 0 Å². The molecule has 0 radical (unpaired) electrons. The van der Waals surface area contributed by atoms with Crippen molar-refractivity contribution in [3.63, 3.8) is 0 Å². The number of hydrogen-bond acceptors (Lipinski definition) is 1. The van der Waals surface area contributed by atoms with Crippen LogP contribution in [-0.4, -0.2) is 12.6 Å². The molecule has 0 amide bonds. The first-order chi connectivity index (χ1) is 6.75. The zero-order valence-corrected chi connectivity index (χ0v) is 10.2. The number of halogens is 2. The van der Waals surface area contributed by atoms with Crippen LogP contribution in [0.5, 0.6) is 0 Å². The predicted octanol–water partition coefficient (Wildman–Crippen LogP) is 3.40. The van der Waals surface area contributed by atoms with Crippen LogP contribution in [0.25, 0.3) is 0 Å². The zero-order chi connectivity index (χ0) is 9.97. The third kappa shape index (κ3) is 2.97. The molecular formula is C11H13BrClN. The van der Waals surface area contributed by atoms with Crippen molar-refractivity contribution in [2.45, 2.75) is 25.3 Å². The van der Waals surface area contributed by atoms with E-state index in [4.69, 9.17) is 11.6 Å². The summed E-state index contributed by atoms with van der Waals surface area (Å²) in [4.78, 5) is 0. The van der Waals surface area contributed by atoms with Crippen LogP contribution in [0.1, 0.15) is 18.4 Å². The minimum Gasteiger partial charge on any atom is -0.314 e. The number of rotatable bonds is 4. The Bertz CT molecular complexity index is 323. The Morgan fingerprint density at radius 2 is 2.21 bits per heavy atom. The van der Waals surface area contributed by atoms with Crippen LogP contribution in [0, 0.1) is 0 Å². The van der Waals surface area contributed by atoms with Gasteiger partial charge in [0.15, 0.2) is 0 Å². The van der Waals surface area contributed by atoms with Gasteiger partial charge in [0.05, 0.1) is 0 Å². The lowest BCUT2D eigenvalue weighted by molar-refractivity contribution is 0.681. The van der Waals surface area contributed by atoms with Crippen LogP contribution in [0.3, 0.4) is 0 Å². The molecule has 1 aromatic rings. The molecule has 0 aromatic heterocycles. The molecule has 0 bridgehead atoms. The molecule has 76 valence electrons. The first kappa shape index (κ1) is 10.5. The van der Waals surface area contributed by atoms with E-state index in [-0.39, 0.29) is 0 Å². The van der Waals surface area contributed by atoms with E-state index in [1.54, 1.807) is 0 Å². The lowest BCUT2D eigenvalue weighted by atomic mass is 10.1. The smallest absolute Gasteiger partial charge is 0.0417 e. The predicted molar refractivity (Wildman–Crippen MR) is 63.9 cm³/mol. The number of hydrogen-bond donors (Lipinski definition) is 1. The van der Waals surface area contributed by atoms with Crippen LogP contribution in [-0.2, 0) is 6.42 Å². The van der Waals surface area contributed by atoms with Gasteiger partial charge in [-0.15, -0.1) is 0 Å². The summed E-state index contributed by atoms with van der Waals surface area (Å²) in [7, 11) is 0. The van der Waals surface area contributed by atoms with E-state index in [0.29, 0.717) is 0 Å². The lowest BCUT2D eigenvalue weighted by Crippen LogP contribution is -2.19. The lowest BCUT2D eigenvalue weighted by Gasteiger charge is -2.05. The quantitative estimate of drug-likeness (QED) is 0.887. The molecule has 0 saturated heterocycles. The second kappa shape index (κ2) is 4.65. The Morgan fingerprint density at radius 3 is 2.86 bits per heavy atom. The van der Waals surface area contributed by atoms with E-state index in [0.717, 1.165) is 28.5 Å². The molecule has 1 saturated carbocycles. The molecule has 0 unspecified atom stereocenters. The Morgan fingerprint density at radius 1 is 1.43 bits per heavy atom. The molecule has 0 spiro atoms. The summed E-state index contributed by atoms with van der Waals surface area (Å²) in [6.45, 7) is 1.06. The zero-order valence-electron chi connectivity index (χ0n) is 7.89. The minimum absolute atomic E-state index is 0.788. The van der Waals surface area contributed by atoms with E-state index >= 15 is 0 Å². The van der Waals surface area contributed by atoms with Crippen molar-refractivity contribution in [3.05, 3.63) is 33.3 Å². The molecule has 1 fully saturated rings. The van der Waals surface area contributed by atoms with Crippen LogP contribution in [0.15, 0.2) is 22.7 Å². The highest BCUT2D eigenvalue weighted by atomic mass is 79.9. The van der Waals surface area contributed by atoms with Crippen LogP contribution in [0.4, 0.5) is 0 Å². The maximum Gasteiger partial charge on any atom is 0.0417 e. The fraction of sp³-hybridized carbons (Fsp3) is 0.455. The van der Waals surface area contributed by atoms with Crippen molar-refractivity contribution < 1.29 is 0 Å². The van der Waals surface area contributed by atoms with Gasteiger partial charge in [0.1, 0.15) is 0 Å². The van der Waals surface area contributed by atoms with Crippen LogP contribution >= 0.6 is 27.5 Å². The van der Waals surface area contributed by atoms with Gasteiger partial charge in [-0.1, -0.05) is 33.6 Å². The molecule has 1 aromatic carbocycles. The van der Waals surface area contributed by atoms with Crippen molar-refractivity contribution in [2.75, 3.05) is 6.54 Å². The van der Waals surface area contributed by atoms with E-state index < -0.39 is 0 Å². The highest BCUT2D eigenvalue weighted by molar-refractivity contribution is 9.10. The Kier molecular flexibility index (Phi) is 3.47. The van der Waals surface area contributed by atoms with Gasteiger partial charge < -0.3 is 5.32 Å². The Balaban J connectivity index is 1.87. The van der Waals surface area contributed by atoms with Gasteiger partial charge in [-0.25, -0.2) is 0 Å². The summed E-state index contributed by atoms with van der Waals surface area (Å²) in [6, 6.07) is 6.77. The molecule has 3 heteroatoms. The molecule has 0 atom stereocenters. The second-order valence-corrected chi connectivity index (χ2v) is 5.00.